The predicted octanol–water partition coefficient (Wildman–Crippen LogP) is 5.05. The number of fused-ring (bicyclic) bond motifs is 4. The third kappa shape index (κ3) is 1.83. The van der Waals surface area contributed by atoms with Crippen LogP contribution < -0.4 is 4.57 Å². The number of aromatic nitrogens is 1. The van der Waals surface area contributed by atoms with Crippen molar-refractivity contribution in [1.82, 2.24) is 0 Å². The second-order valence-corrected chi connectivity index (χ2v) is 6.80. The average molecular weight is 298 g/mol. The van der Waals surface area contributed by atoms with Crippen LogP contribution >= 0.6 is 0 Å². The molecule has 1 aliphatic heterocycles. The van der Waals surface area contributed by atoms with Crippen LogP contribution in [0.5, 0.6) is 0 Å². The SMILES string of the molecule is Cc1ccc(-c2ccccc2)c2ccc3[n+](c12)CC1=C3CCC1. The predicted molar refractivity (Wildman–Crippen MR) is 95.1 cm³/mol. The van der Waals surface area contributed by atoms with Crippen molar-refractivity contribution < 1.29 is 4.57 Å². The Kier molecular flexibility index (Phi) is 2.72. The smallest absolute Gasteiger partial charge is 0.187 e. The first-order chi connectivity index (χ1) is 11.3. The lowest BCUT2D eigenvalue weighted by Gasteiger charge is -2.10. The summed E-state index contributed by atoms with van der Waals surface area (Å²) >= 11 is 0. The fourth-order valence-electron chi connectivity index (χ4n) is 4.39. The molecule has 2 aliphatic rings. The maximum absolute atomic E-state index is 2.56. The van der Waals surface area contributed by atoms with Crippen molar-refractivity contribution in [1.29, 1.82) is 0 Å². The number of aryl methyl sites for hydroxylation is 1. The molecule has 1 nitrogen and oxygen atoms in total. The second-order valence-electron chi connectivity index (χ2n) is 6.80. The zero-order valence-electron chi connectivity index (χ0n) is 13.5. The summed E-state index contributed by atoms with van der Waals surface area (Å²) in [6.07, 6.45) is 3.89. The summed E-state index contributed by atoms with van der Waals surface area (Å²) in [5.41, 5.74) is 10.2. The first kappa shape index (κ1) is 13.1. The monoisotopic (exact) mass is 298 g/mol. The third-order valence-electron chi connectivity index (χ3n) is 5.46. The minimum absolute atomic E-state index is 1.10. The topological polar surface area (TPSA) is 3.88 Å². The molecule has 2 heterocycles. The van der Waals surface area contributed by atoms with Gasteiger partial charge in [0, 0.05) is 22.8 Å². The van der Waals surface area contributed by atoms with Gasteiger partial charge in [-0.05, 0) is 43.4 Å². The Labute approximate surface area is 136 Å². The van der Waals surface area contributed by atoms with E-state index in [9.17, 15) is 0 Å². The van der Waals surface area contributed by atoms with Gasteiger partial charge in [-0.15, -0.1) is 0 Å². The van der Waals surface area contributed by atoms with Crippen molar-refractivity contribution in [3.63, 3.8) is 0 Å². The molecule has 2 aromatic carbocycles. The fourth-order valence-corrected chi connectivity index (χ4v) is 4.39. The third-order valence-corrected chi connectivity index (χ3v) is 5.46. The van der Waals surface area contributed by atoms with Gasteiger partial charge in [-0.3, -0.25) is 0 Å². The lowest BCUT2D eigenvalue weighted by molar-refractivity contribution is -0.660. The van der Waals surface area contributed by atoms with Crippen LogP contribution in [0.3, 0.4) is 0 Å². The number of hydrogen-bond acceptors (Lipinski definition) is 0. The summed E-state index contributed by atoms with van der Waals surface area (Å²) in [4.78, 5) is 0. The lowest BCUT2D eigenvalue weighted by atomic mass is 9.97. The summed E-state index contributed by atoms with van der Waals surface area (Å²) in [5.74, 6) is 0. The Hall–Kier alpha value is -2.41. The Bertz CT molecular complexity index is 964. The Balaban J connectivity index is 1.80. The maximum atomic E-state index is 2.56. The highest BCUT2D eigenvalue weighted by atomic mass is 15.0. The highest BCUT2D eigenvalue weighted by Gasteiger charge is 2.34. The molecule has 0 atom stereocenters. The van der Waals surface area contributed by atoms with E-state index in [0.717, 1.165) is 6.54 Å². The summed E-state index contributed by atoms with van der Waals surface area (Å²) in [6.45, 7) is 3.34. The molecule has 0 fully saturated rings. The van der Waals surface area contributed by atoms with E-state index in [1.54, 1.807) is 11.1 Å². The molecule has 0 bridgehead atoms. The maximum Gasteiger partial charge on any atom is 0.216 e. The van der Waals surface area contributed by atoms with Gasteiger partial charge < -0.3 is 0 Å². The fraction of sp³-hybridized carbons (Fsp3) is 0.227. The quantitative estimate of drug-likeness (QED) is 0.553. The average Bonchev–Trinajstić information content (AvgIpc) is 3.16. The molecule has 3 aromatic rings. The minimum atomic E-state index is 1.10. The van der Waals surface area contributed by atoms with Crippen molar-refractivity contribution in [2.24, 2.45) is 0 Å². The first-order valence-electron chi connectivity index (χ1n) is 8.56. The molecule has 0 spiro atoms. The molecule has 0 saturated heterocycles. The van der Waals surface area contributed by atoms with Crippen LogP contribution in [0.4, 0.5) is 0 Å². The van der Waals surface area contributed by atoms with Gasteiger partial charge in [-0.1, -0.05) is 42.5 Å². The van der Waals surface area contributed by atoms with E-state index >= 15 is 0 Å². The van der Waals surface area contributed by atoms with Gasteiger partial charge >= 0.3 is 0 Å². The van der Waals surface area contributed by atoms with Crippen LogP contribution in [0.25, 0.3) is 27.6 Å². The standard InChI is InChI=1S/C22H20N/c1-15-10-11-18(16-6-3-2-4-7-16)20-12-13-21-19-9-5-8-17(19)14-23(21)22(15)20/h2-4,6-7,10-13H,5,8-9,14H2,1H3/q+1. The van der Waals surface area contributed by atoms with Gasteiger partial charge in [0.15, 0.2) is 6.54 Å². The second kappa shape index (κ2) is 4.79. The number of pyridine rings is 1. The number of hydrogen-bond donors (Lipinski definition) is 0. The van der Waals surface area contributed by atoms with E-state index in [0.29, 0.717) is 0 Å². The molecule has 5 rings (SSSR count). The molecule has 1 aromatic heterocycles. The lowest BCUT2D eigenvalue weighted by Crippen LogP contribution is -2.36. The van der Waals surface area contributed by atoms with Crippen molar-refractivity contribution in [3.05, 3.63) is 71.4 Å². The Morgan fingerprint density at radius 3 is 2.61 bits per heavy atom. The van der Waals surface area contributed by atoms with E-state index in [-0.39, 0.29) is 0 Å². The number of nitrogens with zero attached hydrogens (tertiary/aromatic N) is 1. The van der Waals surface area contributed by atoms with Gasteiger partial charge in [0.1, 0.15) is 0 Å². The Morgan fingerprint density at radius 2 is 1.74 bits per heavy atom. The van der Waals surface area contributed by atoms with E-state index in [2.05, 4.69) is 66.1 Å². The largest absolute Gasteiger partial charge is 0.216 e. The molecule has 0 unspecified atom stereocenters. The highest BCUT2D eigenvalue weighted by Crippen LogP contribution is 2.38. The van der Waals surface area contributed by atoms with Gasteiger partial charge in [0.05, 0.1) is 5.39 Å². The van der Waals surface area contributed by atoms with Crippen LogP contribution in [-0.2, 0) is 6.54 Å². The van der Waals surface area contributed by atoms with Gasteiger partial charge in [-0.2, -0.15) is 4.57 Å². The number of rotatable bonds is 1. The van der Waals surface area contributed by atoms with E-state index in [1.165, 1.54) is 52.5 Å². The number of benzene rings is 2. The van der Waals surface area contributed by atoms with Gasteiger partial charge in [0.2, 0.25) is 11.2 Å². The molecule has 1 heteroatoms. The highest BCUT2D eigenvalue weighted by molar-refractivity contribution is 5.95. The summed E-state index contributed by atoms with van der Waals surface area (Å²) in [7, 11) is 0. The zero-order valence-corrected chi connectivity index (χ0v) is 13.5. The summed E-state index contributed by atoms with van der Waals surface area (Å²) in [5, 5.41) is 1.38. The minimum Gasteiger partial charge on any atom is -0.187 e. The molecular weight excluding hydrogens is 278 g/mol. The molecule has 0 radical (unpaired) electrons. The van der Waals surface area contributed by atoms with Crippen molar-refractivity contribution >= 4 is 16.5 Å². The van der Waals surface area contributed by atoms with Crippen molar-refractivity contribution in [2.75, 3.05) is 0 Å². The van der Waals surface area contributed by atoms with E-state index < -0.39 is 0 Å². The summed E-state index contributed by atoms with van der Waals surface area (Å²) in [6, 6.07) is 20.0. The molecule has 0 N–H and O–H groups in total. The molecule has 0 amide bonds. The zero-order chi connectivity index (χ0) is 15.4. The molecule has 0 saturated carbocycles. The number of allylic oxidation sites excluding steroid dienone is 2. The van der Waals surface area contributed by atoms with E-state index in [1.807, 2.05) is 0 Å². The normalized spacial score (nSPS) is 16.0. The van der Waals surface area contributed by atoms with Gasteiger partial charge in [0.25, 0.3) is 0 Å². The van der Waals surface area contributed by atoms with Crippen LogP contribution in [0.15, 0.2) is 60.2 Å². The van der Waals surface area contributed by atoms with Crippen LogP contribution in [0.2, 0.25) is 0 Å². The van der Waals surface area contributed by atoms with Crippen LogP contribution in [0.1, 0.15) is 30.5 Å². The molecular formula is C22H20N+. The first-order valence-corrected chi connectivity index (χ1v) is 8.56. The Morgan fingerprint density at radius 1 is 0.870 bits per heavy atom. The molecule has 112 valence electrons. The van der Waals surface area contributed by atoms with Crippen LogP contribution in [-0.4, -0.2) is 0 Å². The van der Waals surface area contributed by atoms with Crippen molar-refractivity contribution in [2.45, 2.75) is 32.7 Å². The molecule has 1 aliphatic carbocycles. The molecule has 23 heavy (non-hydrogen) atoms. The van der Waals surface area contributed by atoms with Crippen molar-refractivity contribution in [3.8, 4) is 11.1 Å². The van der Waals surface area contributed by atoms with E-state index in [4.69, 9.17) is 0 Å². The van der Waals surface area contributed by atoms with Gasteiger partial charge in [-0.25, -0.2) is 0 Å². The van der Waals surface area contributed by atoms with Crippen LogP contribution in [0, 0.1) is 6.92 Å². The summed E-state index contributed by atoms with van der Waals surface area (Å²) < 4.78 is 2.56.